The molecule has 0 bridgehead atoms. The molecule has 33 heavy (non-hydrogen) atoms. The second-order valence-electron chi connectivity index (χ2n) is 8.59. The molecule has 1 aliphatic carbocycles. The van der Waals surface area contributed by atoms with Crippen molar-refractivity contribution < 1.29 is 28.6 Å². The number of ketones is 1. The van der Waals surface area contributed by atoms with Crippen LogP contribution in [-0.2, 0) is 23.9 Å². The molecule has 0 amide bonds. The lowest BCUT2D eigenvalue weighted by Gasteiger charge is -2.38. The fraction of sp³-hybridized carbons (Fsp3) is 0.500. The maximum Gasteiger partial charge on any atom is 0.336 e. The van der Waals surface area contributed by atoms with Crippen LogP contribution in [0.5, 0.6) is 5.75 Å². The molecule has 3 atom stereocenters. The number of benzene rings is 1. The third-order valence-corrected chi connectivity index (χ3v) is 6.09. The molecule has 7 nitrogen and oxygen atoms in total. The van der Waals surface area contributed by atoms with Gasteiger partial charge in [-0.2, -0.15) is 0 Å². The van der Waals surface area contributed by atoms with Crippen LogP contribution in [0.25, 0.3) is 0 Å². The minimum Gasteiger partial charge on any atom is -0.494 e. The van der Waals surface area contributed by atoms with E-state index >= 15 is 0 Å². The predicted molar refractivity (Wildman–Crippen MR) is 123 cm³/mol. The maximum atomic E-state index is 13.7. The molecule has 1 heterocycles. The molecule has 0 saturated carbocycles. The summed E-state index contributed by atoms with van der Waals surface area (Å²) in [5.41, 5.74) is 2.98. The molecule has 0 unspecified atom stereocenters. The van der Waals surface area contributed by atoms with Gasteiger partial charge in [-0.05, 0) is 49.8 Å². The van der Waals surface area contributed by atoms with Gasteiger partial charge in [0.05, 0.1) is 25.9 Å². The van der Waals surface area contributed by atoms with Gasteiger partial charge < -0.3 is 19.5 Å². The number of esters is 2. The van der Waals surface area contributed by atoms with Gasteiger partial charge in [0.1, 0.15) is 11.7 Å². The Labute approximate surface area is 195 Å². The lowest BCUT2D eigenvalue weighted by Crippen LogP contribution is -2.43. The van der Waals surface area contributed by atoms with Crippen molar-refractivity contribution in [3.8, 4) is 5.75 Å². The molecule has 0 fully saturated rings. The molecule has 1 aromatic carbocycles. The fourth-order valence-corrected chi connectivity index (χ4v) is 4.53. The van der Waals surface area contributed by atoms with E-state index in [-0.39, 0.29) is 18.3 Å². The molecular weight excluding hydrogens is 422 g/mol. The van der Waals surface area contributed by atoms with Crippen molar-refractivity contribution in [2.75, 3.05) is 20.3 Å². The number of nitrogens with one attached hydrogen (secondary N) is 1. The van der Waals surface area contributed by atoms with Crippen LogP contribution in [0.2, 0.25) is 0 Å². The van der Waals surface area contributed by atoms with Gasteiger partial charge >= 0.3 is 11.9 Å². The first-order chi connectivity index (χ1) is 15.8. The summed E-state index contributed by atoms with van der Waals surface area (Å²) in [7, 11) is 1.29. The largest absolute Gasteiger partial charge is 0.494 e. The van der Waals surface area contributed by atoms with E-state index < -0.39 is 23.8 Å². The van der Waals surface area contributed by atoms with Crippen LogP contribution in [-0.4, -0.2) is 38.0 Å². The van der Waals surface area contributed by atoms with Gasteiger partial charge in [-0.1, -0.05) is 32.9 Å². The zero-order valence-corrected chi connectivity index (χ0v) is 20.0. The highest BCUT2D eigenvalue weighted by Gasteiger charge is 2.47. The summed E-state index contributed by atoms with van der Waals surface area (Å²) in [6, 6.07) is 7.41. The van der Waals surface area contributed by atoms with Crippen LogP contribution in [0.3, 0.4) is 0 Å². The lowest BCUT2D eigenvalue weighted by molar-refractivity contribution is -0.151. The number of rotatable bonds is 8. The number of carbonyl (C=O) groups is 3. The molecule has 0 spiro atoms. The molecule has 178 valence electrons. The van der Waals surface area contributed by atoms with E-state index in [4.69, 9.17) is 14.2 Å². The van der Waals surface area contributed by atoms with E-state index in [2.05, 4.69) is 5.32 Å². The Balaban J connectivity index is 2.10. The summed E-state index contributed by atoms with van der Waals surface area (Å²) in [6.07, 6.45) is 2.08. The molecule has 3 rings (SSSR count). The summed E-state index contributed by atoms with van der Waals surface area (Å²) in [5.74, 6) is -2.38. The SMILES string of the molecule is CCCOC(=O)C1=C(C)NC2=C(C(=O)[C@@H](C(=O)OC)[C@H](C)C2)[C@H]1c1ccc(OCCC)cc1. The molecular formula is C26H33NO6. The second kappa shape index (κ2) is 10.7. The van der Waals surface area contributed by atoms with Gasteiger partial charge in [0.15, 0.2) is 5.78 Å². The zero-order valence-electron chi connectivity index (χ0n) is 20.0. The number of hydrogen-bond acceptors (Lipinski definition) is 7. The van der Waals surface area contributed by atoms with Crippen molar-refractivity contribution in [3.05, 3.63) is 52.4 Å². The summed E-state index contributed by atoms with van der Waals surface area (Å²) in [6.45, 7) is 8.53. The Morgan fingerprint density at radius 2 is 1.76 bits per heavy atom. The minimum absolute atomic E-state index is 0.219. The van der Waals surface area contributed by atoms with Crippen LogP contribution in [0.15, 0.2) is 46.8 Å². The Bertz CT molecular complexity index is 975. The van der Waals surface area contributed by atoms with Crippen LogP contribution in [0, 0.1) is 11.8 Å². The summed E-state index contributed by atoms with van der Waals surface area (Å²) in [4.78, 5) is 39.2. The highest BCUT2D eigenvalue weighted by atomic mass is 16.5. The van der Waals surface area contributed by atoms with Crippen molar-refractivity contribution in [2.45, 2.75) is 52.9 Å². The lowest BCUT2D eigenvalue weighted by atomic mass is 9.69. The number of ether oxygens (including phenoxy) is 3. The van der Waals surface area contributed by atoms with Crippen molar-refractivity contribution >= 4 is 17.7 Å². The van der Waals surface area contributed by atoms with E-state index in [1.165, 1.54) is 7.11 Å². The Morgan fingerprint density at radius 3 is 2.36 bits per heavy atom. The molecule has 1 aromatic rings. The molecule has 2 aliphatic rings. The third kappa shape index (κ3) is 4.97. The highest BCUT2D eigenvalue weighted by molar-refractivity contribution is 6.12. The number of allylic oxidation sites excluding steroid dienone is 3. The maximum absolute atomic E-state index is 13.7. The first kappa shape index (κ1) is 24.6. The fourth-order valence-electron chi connectivity index (χ4n) is 4.53. The topological polar surface area (TPSA) is 90.9 Å². The Morgan fingerprint density at radius 1 is 1.09 bits per heavy atom. The van der Waals surface area contributed by atoms with E-state index in [0.29, 0.717) is 36.3 Å². The van der Waals surface area contributed by atoms with E-state index in [0.717, 1.165) is 23.4 Å². The number of carbonyl (C=O) groups excluding carboxylic acids is 3. The molecule has 0 aromatic heterocycles. The molecule has 0 radical (unpaired) electrons. The van der Waals surface area contributed by atoms with Gasteiger partial charge in [-0.25, -0.2) is 4.79 Å². The zero-order chi connectivity index (χ0) is 24.1. The van der Waals surface area contributed by atoms with Crippen LogP contribution in [0.4, 0.5) is 0 Å². The minimum atomic E-state index is -0.906. The predicted octanol–water partition coefficient (Wildman–Crippen LogP) is 4.04. The van der Waals surface area contributed by atoms with E-state index in [1.807, 2.05) is 52.0 Å². The average Bonchev–Trinajstić information content (AvgIpc) is 2.80. The van der Waals surface area contributed by atoms with Crippen molar-refractivity contribution in [1.82, 2.24) is 5.32 Å². The van der Waals surface area contributed by atoms with Gasteiger partial charge in [0.25, 0.3) is 0 Å². The number of Topliss-reactive ketones (excluding diaryl/α,β-unsaturated/α-hetero) is 1. The average molecular weight is 456 g/mol. The first-order valence-corrected chi connectivity index (χ1v) is 11.6. The van der Waals surface area contributed by atoms with Crippen molar-refractivity contribution in [3.63, 3.8) is 0 Å². The van der Waals surface area contributed by atoms with Crippen LogP contribution in [0.1, 0.15) is 58.4 Å². The third-order valence-electron chi connectivity index (χ3n) is 6.09. The van der Waals surface area contributed by atoms with Crippen molar-refractivity contribution in [2.24, 2.45) is 11.8 Å². The van der Waals surface area contributed by atoms with Crippen molar-refractivity contribution in [1.29, 1.82) is 0 Å². The Hall–Kier alpha value is -3.09. The van der Waals surface area contributed by atoms with Gasteiger partial charge in [0, 0.05) is 22.9 Å². The van der Waals surface area contributed by atoms with E-state index in [9.17, 15) is 14.4 Å². The first-order valence-electron chi connectivity index (χ1n) is 11.6. The second-order valence-corrected chi connectivity index (χ2v) is 8.59. The summed E-state index contributed by atoms with van der Waals surface area (Å²) >= 11 is 0. The molecule has 1 N–H and O–H groups in total. The molecule has 1 aliphatic heterocycles. The van der Waals surface area contributed by atoms with Gasteiger partial charge in [-0.15, -0.1) is 0 Å². The van der Waals surface area contributed by atoms with Crippen LogP contribution >= 0.6 is 0 Å². The summed E-state index contributed by atoms with van der Waals surface area (Å²) < 4.78 is 16.1. The normalized spacial score (nSPS) is 22.5. The van der Waals surface area contributed by atoms with Gasteiger partial charge in [-0.3, -0.25) is 9.59 Å². The van der Waals surface area contributed by atoms with E-state index in [1.54, 1.807) is 0 Å². The smallest absolute Gasteiger partial charge is 0.336 e. The van der Waals surface area contributed by atoms with Gasteiger partial charge in [0.2, 0.25) is 0 Å². The number of hydrogen-bond donors (Lipinski definition) is 1. The highest BCUT2D eigenvalue weighted by Crippen LogP contribution is 2.45. The monoisotopic (exact) mass is 455 g/mol. The molecule has 7 heteroatoms. The Kier molecular flexibility index (Phi) is 7.95. The quantitative estimate of drug-likeness (QED) is 0.467. The molecule has 0 saturated heterocycles. The standard InChI is InChI=1S/C26H33NO6/c1-6-12-32-18-10-8-17(9-11-18)22-21(26(30)33-13-7-2)16(4)27-19-14-15(3)20(25(29)31-5)24(28)23(19)22/h8-11,15,20,22,27H,6-7,12-14H2,1-5H3/t15-,20+,22+/m1/s1. The van der Waals surface area contributed by atoms with Crippen LogP contribution < -0.4 is 10.1 Å². The number of dihydropyridines is 1. The summed E-state index contributed by atoms with van der Waals surface area (Å²) in [5, 5.41) is 3.26. The number of methoxy groups -OCH3 is 1.